The van der Waals surface area contributed by atoms with E-state index in [1.54, 1.807) is 0 Å². The molecule has 0 heterocycles. The third-order valence-electron chi connectivity index (χ3n) is 3.48. The molecule has 0 bridgehead atoms. The number of carboxylic acids is 1. The van der Waals surface area contributed by atoms with Gasteiger partial charge in [-0.05, 0) is 25.7 Å². The molecule has 0 aromatic rings. The minimum Gasteiger partial charge on any atom is -0.481 e. The van der Waals surface area contributed by atoms with Crippen LogP contribution in [-0.2, 0) is 4.79 Å². The summed E-state index contributed by atoms with van der Waals surface area (Å²) >= 11 is 0. The lowest BCUT2D eigenvalue weighted by Crippen LogP contribution is -1.93. The smallest absolute Gasteiger partial charge is 0.303 e. The van der Waals surface area contributed by atoms with Gasteiger partial charge in [0, 0.05) is 6.42 Å². The fraction of sp³-hybridized carbons (Fsp3) is 0.722. The van der Waals surface area contributed by atoms with Gasteiger partial charge in [0.15, 0.2) is 0 Å². The second-order valence-corrected chi connectivity index (χ2v) is 5.46. The van der Waals surface area contributed by atoms with Crippen molar-refractivity contribution in [3.63, 3.8) is 0 Å². The topological polar surface area (TPSA) is 37.3 Å². The van der Waals surface area contributed by atoms with E-state index in [0.717, 1.165) is 19.3 Å². The summed E-state index contributed by atoms with van der Waals surface area (Å²) in [5, 5.41) is 8.51. The molecular weight excluding hydrogens is 248 g/mol. The highest BCUT2D eigenvalue weighted by Gasteiger charge is 1.96. The summed E-state index contributed by atoms with van der Waals surface area (Å²) in [6, 6.07) is 0. The largest absolute Gasteiger partial charge is 0.481 e. The first-order valence-corrected chi connectivity index (χ1v) is 8.25. The number of carbonyl (C=O) groups is 1. The van der Waals surface area contributed by atoms with Crippen molar-refractivity contribution in [2.45, 2.75) is 83.5 Å². The predicted octanol–water partition coefficient (Wildman–Crippen LogP) is 5.88. The number of carboxylic acid groups (broad SMARTS) is 1. The van der Waals surface area contributed by atoms with Gasteiger partial charge in [0.05, 0.1) is 0 Å². The number of rotatable bonds is 15. The van der Waals surface area contributed by atoms with Crippen LogP contribution in [0, 0.1) is 0 Å². The summed E-state index contributed by atoms with van der Waals surface area (Å²) in [6.45, 7) is 3.69. The van der Waals surface area contributed by atoms with Crippen LogP contribution in [-0.4, -0.2) is 11.1 Å². The molecule has 20 heavy (non-hydrogen) atoms. The molecule has 0 unspecified atom stereocenters. The van der Waals surface area contributed by atoms with Gasteiger partial charge in [-0.15, -0.1) is 6.58 Å². The van der Waals surface area contributed by atoms with Gasteiger partial charge in [0.1, 0.15) is 0 Å². The molecule has 0 aromatic carbocycles. The zero-order chi connectivity index (χ0) is 14.9. The van der Waals surface area contributed by atoms with E-state index in [0.29, 0.717) is 6.42 Å². The van der Waals surface area contributed by atoms with Crippen LogP contribution in [0.1, 0.15) is 83.5 Å². The van der Waals surface area contributed by atoms with Gasteiger partial charge in [-0.3, -0.25) is 4.79 Å². The molecule has 1 N–H and O–H groups in total. The van der Waals surface area contributed by atoms with Crippen LogP contribution < -0.4 is 0 Å². The van der Waals surface area contributed by atoms with Gasteiger partial charge in [-0.1, -0.05) is 69.6 Å². The Kier molecular flexibility index (Phi) is 15.2. The van der Waals surface area contributed by atoms with Crippen LogP contribution in [0.2, 0.25) is 0 Å². The third-order valence-corrected chi connectivity index (χ3v) is 3.48. The summed E-state index contributed by atoms with van der Waals surface area (Å²) < 4.78 is 0. The lowest BCUT2D eigenvalue weighted by molar-refractivity contribution is -0.137. The van der Waals surface area contributed by atoms with E-state index < -0.39 is 5.97 Å². The van der Waals surface area contributed by atoms with Gasteiger partial charge in [0.25, 0.3) is 0 Å². The quantitative estimate of drug-likeness (QED) is 0.300. The Morgan fingerprint density at radius 3 is 1.80 bits per heavy atom. The normalized spacial score (nSPS) is 11.0. The first kappa shape index (κ1) is 18.9. The van der Waals surface area contributed by atoms with Gasteiger partial charge in [-0.2, -0.15) is 0 Å². The van der Waals surface area contributed by atoms with Crippen molar-refractivity contribution < 1.29 is 9.90 Å². The van der Waals surface area contributed by atoms with Crippen molar-refractivity contribution in [3.05, 3.63) is 24.8 Å². The van der Waals surface area contributed by atoms with Crippen LogP contribution in [0.25, 0.3) is 0 Å². The average molecular weight is 280 g/mol. The summed E-state index contributed by atoms with van der Waals surface area (Å²) in [6.07, 6.45) is 21.3. The van der Waals surface area contributed by atoms with Crippen LogP contribution in [0.15, 0.2) is 24.8 Å². The van der Waals surface area contributed by atoms with Crippen molar-refractivity contribution in [2.75, 3.05) is 0 Å². The summed E-state index contributed by atoms with van der Waals surface area (Å²) in [5.74, 6) is -0.663. The number of allylic oxidation sites excluding steroid dienone is 3. The SMILES string of the molecule is C=CC/C=C/CCCCCCCCCCCCC(=O)O. The maximum absolute atomic E-state index is 10.3. The number of hydrogen-bond donors (Lipinski definition) is 1. The highest BCUT2D eigenvalue weighted by molar-refractivity contribution is 5.66. The maximum atomic E-state index is 10.3. The Morgan fingerprint density at radius 1 is 0.800 bits per heavy atom. The average Bonchev–Trinajstić information content (AvgIpc) is 2.43. The second-order valence-electron chi connectivity index (χ2n) is 5.46. The fourth-order valence-electron chi connectivity index (χ4n) is 2.26. The Morgan fingerprint density at radius 2 is 1.30 bits per heavy atom. The Labute approximate surface area is 125 Å². The molecule has 0 fully saturated rings. The zero-order valence-corrected chi connectivity index (χ0v) is 13.0. The van der Waals surface area contributed by atoms with E-state index in [9.17, 15) is 4.79 Å². The molecule has 0 aliphatic heterocycles. The third kappa shape index (κ3) is 16.9. The summed E-state index contributed by atoms with van der Waals surface area (Å²) in [7, 11) is 0. The Hall–Kier alpha value is -1.05. The predicted molar refractivity (Wildman–Crippen MR) is 87.0 cm³/mol. The van der Waals surface area contributed by atoms with E-state index in [1.807, 2.05) is 6.08 Å². The molecule has 0 aliphatic carbocycles. The molecule has 0 spiro atoms. The van der Waals surface area contributed by atoms with Crippen molar-refractivity contribution >= 4 is 5.97 Å². The molecule has 0 aliphatic rings. The lowest BCUT2D eigenvalue weighted by atomic mass is 10.1. The molecule has 2 heteroatoms. The number of unbranched alkanes of at least 4 members (excludes halogenated alkanes) is 10. The summed E-state index contributed by atoms with van der Waals surface area (Å²) in [4.78, 5) is 10.3. The molecule has 0 radical (unpaired) electrons. The summed E-state index contributed by atoms with van der Waals surface area (Å²) in [5.41, 5.74) is 0. The van der Waals surface area contributed by atoms with Crippen LogP contribution >= 0.6 is 0 Å². The first-order valence-electron chi connectivity index (χ1n) is 8.25. The van der Waals surface area contributed by atoms with E-state index in [1.165, 1.54) is 57.8 Å². The molecular formula is C18H32O2. The molecule has 0 atom stereocenters. The minimum absolute atomic E-state index is 0.335. The van der Waals surface area contributed by atoms with E-state index >= 15 is 0 Å². The zero-order valence-electron chi connectivity index (χ0n) is 13.0. The molecule has 0 aromatic heterocycles. The minimum atomic E-state index is -0.663. The van der Waals surface area contributed by atoms with Crippen molar-refractivity contribution in [2.24, 2.45) is 0 Å². The molecule has 0 saturated carbocycles. The maximum Gasteiger partial charge on any atom is 0.303 e. The van der Waals surface area contributed by atoms with Gasteiger partial charge in [-0.25, -0.2) is 0 Å². The molecule has 2 nitrogen and oxygen atoms in total. The Balaban J connectivity index is 3.02. The van der Waals surface area contributed by atoms with E-state index in [2.05, 4.69) is 18.7 Å². The lowest BCUT2D eigenvalue weighted by Gasteiger charge is -2.01. The van der Waals surface area contributed by atoms with E-state index in [-0.39, 0.29) is 0 Å². The Bertz CT molecular complexity index is 256. The highest BCUT2D eigenvalue weighted by atomic mass is 16.4. The van der Waals surface area contributed by atoms with E-state index in [4.69, 9.17) is 5.11 Å². The van der Waals surface area contributed by atoms with Crippen molar-refractivity contribution in [1.82, 2.24) is 0 Å². The first-order chi connectivity index (χ1) is 9.77. The van der Waals surface area contributed by atoms with Gasteiger partial charge in [0.2, 0.25) is 0 Å². The molecule has 0 amide bonds. The second kappa shape index (κ2) is 16.0. The monoisotopic (exact) mass is 280 g/mol. The fourth-order valence-corrected chi connectivity index (χ4v) is 2.26. The van der Waals surface area contributed by atoms with Gasteiger partial charge >= 0.3 is 5.97 Å². The van der Waals surface area contributed by atoms with Crippen molar-refractivity contribution in [1.29, 1.82) is 0 Å². The number of aliphatic carboxylic acids is 1. The molecule has 0 saturated heterocycles. The molecule has 116 valence electrons. The van der Waals surface area contributed by atoms with Crippen molar-refractivity contribution in [3.8, 4) is 0 Å². The highest BCUT2D eigenvalue weighted by Crippen LogP contribution is 2.12. The number of hydrogen-bond acceptors (Lipinski definition) is 1. The van der Waals surface area contributed by atoms with Crippen LogP contribution in [0.5, 0.6) is 0 Å². The van der Waals surface area contributed by atoms with Crippen LogP contribution in [0.4, 0.5) is 0 Å². The standard InChI is InChI=1S/C18H32O2/c1-2-3-4-5-6-7-8-9-10-11-12-13-14-15-16-17-18(19)20/h2,4-5H,1,3,6-17H2,(H,19,20)/b5-4+. The molecule has 0 rings (SSSR count). The van der Waals surface area contributed by atoms with Gasteiger partial charge < -0.3 is 5.11 Å². The van der Waals surface area contributed by atoms with Crippen LogP contribution in [0.3, 0.4) is 0 Å².